The first kappa shape index (κ1) is 28.7. The number of hydrogen-bond acceptors (Lipinski definition) is 7. The summed E-state index contributed by atoms with van der Waals surface area (Å²) in [6.45, 7) is 19.4. The van der Waals surface area contributed by atoms with Crippen molar-refractivity contribution in [3.63, 3.8) is 0 Å². The first-order valence-corrected chi connectivity index (χ1v) is 20.5. The molecule has 208 valence electrons. The summed E-state index contributed by atoms with van der Waals surface area (Å²) in [4.78, 5) is 40.7. The first-order chi connectivity index (χ1) is 17.0. The minimum absolute atomic E-state index is 0.144. The molecular formula is C28H46O7Si2. The maximum Gasteiger partial charge on any atom is 0.311 e. The maximum absolute atomic E-state index is 14.0. The second kappa shape index (κ2) is 8.86. The molecule has 4 aliphatic rings. The summed E-state index contributed by atoms with van der Waals surface area (Å²) in [7, 11) is -1.38. The van der Waals surface area contributed by atoms with Gasteiger partial charge in [-0.3, -0.25) is 9.59 Å². The van der Waals surface area contributed by atoms with Crippen LogP contribution >= 0.6 is 0 Å². The summed E-state index contributed by atoms with van der Waals surface area (Å²) < 4.78 is 24.8. The second-order valence-corrected chi connectivity index (χ2v) is 23.1. The van der Waals surface area contributed by atoms with Crippen LogP contribution in [0.25, 0.3) is 0 Å². The fraction of sp³-hybridized carbons (Fsp3) is 0.821. The molecule has 0 heterocycles. The summed E-state index contributed by atoms with van der Waals surface area (Å²) in [5.41, 5.74) is -2.30. The predicted molar refractivity (Wildman–Crippen MR) is 146 cm³/mol. The van der Waals surface area contributed by atoms with Crippen LogP contribution in [-0.2, 0) is 32.7 Å². The van der Waals surface area contributed by atoms with Gasteiger partial charge in [0.2, 0.25) is 0 Å². The van der Waals surface area contributed by atoms with Crippen LogP contribution in [0, 0.1) is 34.0 Å². The van der Waals surface area contributed by atoms with Gasteiger partial charge in [-0.15, -0.1) is 0 Å². The molecule has 1 spiro atoms. The molecule has 0 saturated heterocycles. The van der Waals surface area contributed by atoms with Crippen molar-refractivity contribution in [2.75, 3.05) is 14.2 Å². The minimum Gasteiger partial charge on any atom is -0.469 e. The van der Waals surface area contributed by atoms with Crippen LogP contribution in [0.15, 0.2) is 12.2 Å². The number of aldehydes is 1. The molecule has 0 unspecified atom stereocenters. The van der Waals surface area contributed by atoms with Crippen LogP contribution in [0.4, 0.5) is 0 Å². The van der Waals surface area contributed by atoms with Gasteiger partial charge in [-0.25, -0.2) is 0 Å². The molecule has 9 heteroatoms. The molecule has 0 radical (unpaired) electrons. The largest absolute Gasteiger partial charge is 0.469 e. The fourth-order valence-corrected chi connectivity index (χ4v) is 11.7. The molecule has 7 nitrogen and oxygen atoms in total. The van der Waals surface area contributed by atoms with Crippen molar-refractivity contribution < 1.29 is 32.7 Å². The zero-order chi connectivity index (χ0) is 27.8. The van der Waals surface area contributed by atoms with E-state index in [1.165, 1.54) is 14.2 Å². The van der Waals surface area contributed by atoms with E-state index in [9.17, 15) is 14.4 Å². The number of carbonyl (C=O) groups is 3. The zero-order valence-corrected chi connectivity index (χ0v) is 26.2. The van der Waals surface area contributed by atoms with Crippen molar-refractivity contribution in [2.24, 2.45) is 34.0 Å². The lowest BCUT2D eigenvalue weighted by molar-refractivity contribution is -0.171. The average molecular weight is 551 g/mol. The molecule has 0 aliphatic heterocycles. The van der Waals surface area contributed by atoms with E-state index in [0.717, 1.165) is 31.1 Å². The lowest BCUT2D eigenvalue weighted by Crippen LogP contribution is -2.53. The van der Waals surface area contributed by atoms with Gasteiger partial charge in [0.1, 0.15) is 6.29 Å². The number of carbonyl (C=O) groups excluding carboxylic acids is 3. The van der Waals surface area contributed by atoms with Crippen LogP contribution in [0.1, 0.15) is 45.4 Å². The highest BCUT2D eigenvalue weighted by Crippen LogP contribution is 2.79. The SMILES string of the molecule is C=C1[C@@H](O[Si](C)(C)C)[C@]23C[C@@]1(O[Si](C)(C)C)CC[C@H]2[C@]1(C=O)CCC[C@@](C)(C(=O)OC)[C@H]1[C@@H]3C(=O)OC. The normalized spacial score (nSPS) is 43.1. The van der Waals surface area contributed by atoms with Crippen LogP contribution in [-0.4, -0.2) is 60.8 Å². The maximum atomic E-state index is 14.0. The Balaban J connectivity index is 2.04. The molecule has 0 N–H and O–H groups in total. The number of ether oxygens (including phenoxy) is 2. The number of rotatable bonds is 7. The molecule has 2 bridgehead atoms. The fourth-order valence-electron chi connectivity index (χ4n) is 9.20. The van der Waals surface area contributed by atoms with E-state index < -0.39 is 56.4 Å². The number of esters is 2. The molecule has 0 aromatic heterocycles. The van der Waals surface area contributed by atoms with Gasteiger partial charge in [-0.2, -0.15) is 0 Å². The molecule has 0 aromatic carbocycles. The highest BCUT2D eigenvalue weighted by atomic mass is 28.4. The molecule has 4 aliphatic carbocycles. The Hall–Kier alpha value is -1.30. The third-order valence-electron chi connectivity index (χ3n) is 9.90. The zero-order valence-electron chi connectivity index (χ0n) is 24.2. The lowest BCUT2D eigenvalue weighted by atomic mass is 9.53. The van der Waals surface area contributed by atoms with E-state index in [1.807, 2.05) is 6.92 Å². The van der Waals surface area contributed by atoms with E-state index in [0.29, 0.717) is 19.3 Å². The van der Waals surface area contributed by atoms with E-state index in [4.69, 9.17) is 18.3 Å². The second-order valence-electron chi connectivity index (χ2n) is 14.2. The van der Waals surface area contributed by atoms with Crippen molar-refractivity contribution in [2.45, 2.75) is 96.4 Å². The van der Waals surface area contributed by atoms with Crippen molar-refractivity contribution in [3.05, 3.63) is 12.2 Å². The summed E-state index contributed by atoms with van der Waals surface area (Å²) in [6, 6.07) is 0. The van der Waals surface area contributed by atoms with Crippen LogP contribution in [0.5, 0.6) is 0 Å². The lowest BCUT2D eigenvalue weighted by Gasteiger charge is -2.50. The van der Waals surface area contributed by atoms with E-state index in [2.05, 4.69) is 45.9 Å². The van der Waals surface area contributed by atoms with Gasteiger partial charge in [-0.05, 0) is 89.8 Å². The van der Waals surface area contributed by atoms with E-state index >= 15 is 0 Å². The quantitative estimate of drug-likeness (QED) is 0.188. The van der Waals surface area contributed by atoms with Gasteiger partial charge in [0.25, 0.3) is 0 Å². The van der Waals surface area contributed by atoms with Crippen molar-refractivity contribution >= 4 is 34.9 Å². The van der Waals surface area contributed by atoms with Crippen LogP contribution < -0.4 is 0 Å². The summed E-state index contributed by atoms with van der Waals surface area (Å²) in [6.07, 6.45) is 4.57. The summed E-state index contributed by atoms with van der Waals surface area (Å²) >= 11 is 0. The van der Waals surface area contributed by atoms with E-state index in [1.54, 1.807) is 0 Å². The van der Waals surface area contributed by atoms with Gasteiger partial charge in [-0.1, -0.05) is 13.0 Å². The van der Waals surface area contributed by atoms with Gasteiger partial charge < -0.3 is 23.1 Å². The van der Waals surface area contributed by atoms with Gasteiger partial charge >= 0.3 is 11.9 Å². The van der Waals surface area contributed by atoms with Crippen molar-refractivity contribution in [1.82, 2.24) is 0 Å². The molecular weight excluding hydrogens is 504 g/mol. The molecule has 37 heavy (non-hydrogen) atoms. The number of fused-ring (bicyclic) bond motifs is 3. The Bertz CT molecular complexity index is 999. The van der Waals surface area contributed by atoms with E-state index in [-0.39, 0.29) is 17.9 Å². The summed E-state index contributed by atoms with van der Waals surface area (Å²) in [5.74, 6) is -2.13. The van der Waals surface area contributed by atoms with Gasteiger partial charge in [0.15, 0.2) is 16.6 Å². The molecule has 8 atom stereocenters. The topological polar surface area (TPSA) is 88.1 Å². The smallest absolute Gasteiger partial charge is 0.311 e. The Morgan fingerprint density at radius 3 is 2.16 bits per heavy atom. The number of hydrogen-bond donors (Lipinski definition) is 0. The van der Waals surface area contributed by atoms with Gasteiger partial charge in [0, 0.05) is 16.7 Å². The molecule has 0 amide bonds. The monoisotopic (exact) mass is 550 g/mol. The van der Waals surface area contributed by atoms with Crippen molar-refractivity contribution in [3.8, 4) is 0 Å². The molecule has 0 aromatic rings. The molecule has 4 fully saturated rings. The highest BCUT2D eigenvalue weighted by molar-refractivity contribution is 6.70. The van der Waals surface area contributed by atoms with Crippen LogP contribution in [0.2, 0.25) is 39.3 Å². The third kappa shape index (κ3) is 3.97. The summed E-state index contributed by atoms with van der Waals surface area (Å²) in [5, 5.41) is 0. The Labute approximate surface area is 224 Å². The number of methoxy groups -OCH3 is 2. The van der Waals surface area contributed by atoms with Crippen LogP contribution in [0.3, 0.4) is 0 Å². The Morgan fingerprint density at radius 1 is 1.00 bits per heavy atom. The standard InChI is InChI=1S/C28H46O7Si2/c1-18-22(34-36(5,6)7)28-16-27(18,35-37(8,9)10)15-12-19(28)26(17-29)14-11-13-25(2,24(31)33-4)21(26)20(28)23(30)32-3/h17,19-22H,1,11-16H2,2-10H3/t19-,20+,21+,22+,25+,26+,27-,28+/m0/s1. The predicted octanol–water partition coefficient (Wildman–Crippen LogP) is 5.12. The molecule has 4 saturated carbocycles. The third-order valence-corrected chi connectivity index (χ3v) is 11.8. The first-order valence-electron chi connectivity index (χ1n) is 13.7. The minimum atomic E-state index is -2.14. The van der Waals surface area contributed by atoms with Gasteiger partial charge in [0.05, 0.1) is 37.3 Å². The molecule has 4 rings (SSSR count). The Morgan fingerprint density at radius 2 is 1.65 bits per heavy atom. The average Bonchev–Trinajstić information content (AvgIpc) is 3.15. The highest BCUT2D eigenvalue weighted by Gasteiger charge is 2.82. The Kier molecular flexibility index (Phi) is 6.87. The van der Waals surface area contributed by atoms with Crippen molar-refractivity contribution in [1.29, 1.82) is 0 Å².